The number of nitrogens with one attached hydrogen (secondary N) is 1. The Bertz CT molecular complexity index is 456. The molecule has 0 aliphatic heterocycles. The smallest absolute Gasteiger partial charge is 0.332 e. The van der Waals surface area contributed by atoms with Crippen molar-refractivity contribution in [3.63, 3.8) is 0 Å². The summed E-state index contributed by atoms with van der Waals surface area (Å²) >= 11 is 0. The van der Waals surface area contributed by atoms with Crippen LogP contribution in [0.3, 0.4) is 0 Å². The molecule has 0 aromatic heterocycles. The Hall–Kier alpha value is -1.79. The molecule has 1 amide bonds. The van der Waals surface area contributed by atoms with Crippen LogP contribution in [0.2, 0.25) is 0 Å². The summed E-state index contributed by atoms with van der Waals surface area (Å²) in [6.07, 6.45) is 19.7. The van der Waals surface area contributed by atoms with E-state index in [0.717, 1.165) is 38.5 Å². The van der Waals surface area contributed by atoms with Crippen molar-refractivity contribution in [2.75, 3.05) is 6.54 Å². The van der Waals surface area contributed by atoms with Crippen molar-refractivity contribution in [1.29, 1.82) is 0 Å². The van der Waals surface area contributed by atoms with Gasteiger partial charge in [-0.15, -0.1) is 0 Å². The third-order valence-corrected chi connectivity index (χ3v) is 5.12. The predicted octanol–water partition coefficient (Wildman–Crippen LogP) is 4.88. The first-order valence-corrected chi connectivity index (χ1v) is 12.1. The second-order valence-corrected chi connectivity index (χ2v) is 8.11. The highest BCUT2D eigenvalue weighted by Gasteiger charge is 2.03. The van der Waals surface area contributed by atoms with E-state index in [1.807, 2.05) is 0 Å². The SMILES string of the molecule is CCCCN=C(N)NOC(=O)CCCCCCCCCCCCCCCCC(N)=O. The molecule has 0 saturated heterocycles. The van der Waals surface area contributed by atoms with Gasteiger partial charge in [-0.3, -0.25) is 9.79 Å². The van der Waals surface area contributed by atoms with Gasteiger partial charge in [-0.25, -0.2) is 4.79 Å². The van der Waals surface area contributed by atoms with Gasteiger partial charge in [0.2, 0.25) is 11.9 Å². The zero-order chi connectivity index (χ0) is 22.3. The Balaban J connectivity index is 3.26. The summed E-state index contributed by atoms with van der Waals surface area (Å²) in [5.41, 5.74) is 13.1. The molecule has 0 heterocycles. The summed E-state index contributed by atoms with van der Waals surface area (Å²) in [6, 6.07) is 0. The fourth-order valence-corrected chi connectivity index (χ4v) is 3.24. The molecule has 0 spiro atoms. The molecule has 0 radical (unpaired) electrons. The fourth-order valence-electron chi connectivity index (χ4n) is 3.24. The quantitative estimate of drug-likeness (QED) is 0.111. The molecule has 0 bridgehead atoms. The summed E-state index contributed by atoms with van der Waals surface area (Å²) < 4.78 is 0. The standard InChI is InChI=1S/C23H46N4O3/c1-2-3-20-26-23(25)27-30-22(29)19-17-15-13-11-9-7-5-4-6-8-10-12-14-16-18-21(24)28/h2-20H2,1H3,(H2,24,28)(H3,25,26,27). The molecule has 30 heavy (non-hydrogen) atoms. The summed E-state index contributed by atoms with van der Waals surface area (Å²) in [5.74, 6) is -0.298. The average molecular weight is 427 g/mol. The molecule has 0 aliphatic carbocycles. The van der Waals surface area contributed by atoms with Crippen molar-refractivity contribution in [3.8, 4) is 0 Å². The highest BCUT2D eigenvalue weighted by Crippen LogP contribution is 2.13. The largest absolute Gasteiger partial charge is 0.370 e. The van der Waals surface area contributed by atoms with Crippen LogP contribution in [0.4, 0.5) is 0 Å². The number of hydrogen-bond acceptors (Lipinski definition) is 4. The molecular weight excluding hydrogens is 380 g/mol. The van der Waals surface area contributed by atoms with Crippen molar-refractivity contribution < 1.29 is 14.4 Å². The maximum atomic E-state index is 11.6. The van der Waals surface area contributed by atoms with Gasteiger partial charge in [0.1, 0.15) is 0 Å². The van der Waals surface area contributed by atoms with Crippen molar-refractivity contribution in [3.05, 3.63) is 0 Å². The summed E-state index contributed by atoms with van der Waals surface area (Å²) in [6.45, 7) is 2.73. The molecule has 0 saturated carbocycles. The number of carbonyl (C=O) groups excluding carboxylic acids is 2. The van der Waals surface area contributed by atoms with E-state index in [2.05, 4.69) is 17.4 Å². The first-order chi connectivity index (χ1) is 14.6. The molecule has 0 atom stereocenters. The number of unbranched alkanes of at least 4 members (excludes halogenated alkanes) is 14. The number of carbonyl (C=O) groups is 2. The molecular formula is C23H46N4O3. The number of amides is 1. The molecule has 0 aromatic rings. The normalized spacial score (nSPS) is 11.4. The molecule has 0 aliphatic rings. The zero-order valence-corrected chi connectivity index (χ0v) is 19.3. The lowest BCUT2D eigenvalue weighted by atomic mass is 10.0. The molecule has 176 valence electrons. The monoisotopic (exact) mass is 426 g/mol. The van der Waals surface area contributed by atoms with E-state index in [1.54, 1.807) is 0 Å². The van der Waals surface area contributed by atoms with Crippen LogP contribution < -0.4 is 16.9 Å². The maximum Gasteiger partial charge on any atom is 0.332 e. The van der Waals surface area contributed by atoms with Crippen LogP contribution in [0, 0.1) is 0 Å². The Kier molecular flexibility index (Phi) is 20.6. The number of rotatable bonds is 20. The van der Waals surface area contributed by atoms with E-state index in [9.17, 15) is 9.59 Å². The van der Waals surface area contributed by atoms with Crippen molar-refractivity contribution in [2.24, 2.45) is 16.5 Å². The van der Waals surface area contributed by atoms with Crippen LogP contribution in [-0.2, 0) is 14.4 Å². The minimum Gasteiger partial charge on any atom is -0.370 e. The number of hydroxylamine groups is 1. The van der Waals surface area contributed by atoms with Crippen molar-refractivity contribution in [1.82, 2.24) is 5.48 Å². The lowest BCUT2D eigenvalue weighted by molar-refractivity contribution is -0.148. The van der Waals surface area contributed by atoms with Crippen LogP contribution >= 0.6 is 0 Å². The average Bonchev–Trinajstić information content (AvgIpc) is 2.72. The lowest BCUT2D eigenvalue weighted by Crippen LogP contribution is -2.34. The molecule has 5 N–H and O–H groups in total. The highest BCUT2D eigenvalue weighted by atomic mass is 16.7. The summed E-state index contributed by atoms with van der Waals surface area (Å²) in [7, 11) is 0. The van der Waals surface area contributed by atoms with Gasteiger partial charge >= 0.3 is 5.97 Å². The summed E-state index contributed by atoms with van der Waals surface area (Å²) in [5, 5.41) is 0. The Morgan fingerprint density at radius 1 is 0.700 bits per heavy atom. The van der Waals surface area contributed by atoms with Crippen LogP contribution in [0.25, 0.3) is 0 Å². The fraction of sp³-hybridized carbons (Fsp3) is 0.870. The van der Waals surface area contributed by atoms with E-state index < -0.39 is 0 Å². The van der Waals surface area contributed by atoms with Crippen LogP contribution in [0.1, 0.15) is 122 Å². The highest BCUT2D eigenvalue weighted by molar-refractivity contribution is 5.79. The van der Waals surface area contributed by atoms with Crippen LogP contribution in [0.5, 0.6) is 0 Å². The summed E-state index contributed by atoms with van der Waals surface area (Å²) in [4.78, 5) is 31.2. The topological polar surface area (TPSA) is 120 Å². The van der Waals surface area contributed by atoms with Crippen molar-refractivity contribution >= 4 is 17.8 Å². The number of nitrogens with zero attached hydrogens (tertiary/aromatic N) is 1. The Morgan fingerprint density at radius 3 is 1.57 bits per heavy atom. The maximum absolute atomic E-state index is 11.6. The molecule has 0 aromatic carbocycles. The number of aliphatic imine (C=N–C) groups is 1. The number of hydrogen-bond donors (Lipinski definition) is 3. The Labute approximate surface area is 183 Å². The van der Waals surface area contributed by atoms with Gasteiger partial charge in [0.25, 0.3) is 0 Å². The number of guanidine groups is 1. The Morgan fingerprint density at radius 2 is 1.13 bits per heavy atom. The molecule has 0 unspecified atom stereocenters. The molecule has 0 rings (SSSR count). The van der Waals surface area contributed by atoms with Crippen molar-refractivity contribution in [2.45, 2.75) is 122 Å². The van der Waals surface area contributed by atoms with Gasteiger partial charge in [0, 0.05) is 19.4 Å². The van der Waals surface area contributed by atoms with E-state index in [0.29, 0.717) is 19.4 Å². The first-order valence-electron chi connectivity index (χ1n) is 12.1. The first kappa shape index (κ1) is 28.2. The van der Waals surface area contributed by atoms with Gasteiger partial charge in [-0.1, -0.05) is 90.4 Å². The third kappa shape index (κ3) is 22.5. The molecule has 7 heteroatoms. The van der Waals surface area contributed by atoms with Gasteiger partial charge in [0.15, 0.2) is 0 Å². The van der Waals surface area contributed by atoms with Gasteiger partial charge in [-0.05, 0) is 19.3 Å². The van der Waals surface area contributed by atoms with Gasteiger partial charge in [-0.2, -0.15) is 5.48 Å². The van der Waals surface area contributed by atoms with Gasteiger partial charge < -0.3 is 16.3 Å². The van der Waals surface area contributed by atoms with E-state index in [1.165, 1.54) is 64.2 Å². The number of primary amides is 1. The predicted molar refractivity (Wildman–Crippen MR) is 124 cm³/mol. The number of nitrogens with two attached hydrogens (primary N) is 2. The van der Waals surface area contributed by atoms with Gasteiger partial charge in [0.05, 0.1) is 0 Å². The minimum absolute atomic E-state index is 0.164. The second kappa shape index (κ2) is 21.9. The molecule has 0 fully saturated rings. The second-order valence-electron chi connectivity index (χ2n) is 8.11. The zero-order valence-electron chi connectivity index (χ0n) is 19.3. The van der Waals surface area contributed by atoms with Crippen LogP contribution in [-0.4, -0.2) is 24.4 Å². The third-order valence-electron chi connectivity index (χ3n) is 5.12. The van der Waals surface area contributed by atoms with E-state index in [4.69, 9.17) is 16.3 Å². The van der Waals surface area contributed by atoms with E-state index in [-0.39, 0.29) is 17.8 Å². The van der Waals surface area contributed by atoms with Crippen LogP contribution in [0.15, 0.2) is 4.99 Å². The molecule has 7 nitrogen and oxygen atoms in total. The minimum atomic E-state index is -0.281. The lowest BCUT2D eigenvalue weighted by Gasteiger charge is -2.06. The van der Waals surface area contributed by atoms with E-state index >= 15 is 0 Å².